The van der Waals surface area contributed by atoms with E-state index in [-0.39, 0.29) is 0 Å². The highest BCUT2D eigenvalue weighted by Crippen LogP contribution is 2.10. The van der Waals surface area contributed by atoms with Crippen LogP contribution in [0.4, 0.5) is 0 Å². The topological polar surface area (TPSA) is 21.3 Å². The van der Waals surface area contributed by atoms with Crippen molar-refractivity contribution in [2.24, 2.45) is 0 Å². The molecule has 3 heteroatoms. The monoisotopic (exact) mass is 227 g/mol. The van der Waals surface area contributed by atoms with E-state index >= 15 is 0 Å². The fourth-order valence-electron chi connectivity index (χ4n) is 1.29. The number of hydrogen-bond acceptors (Lipinski definition) is 3. The maximum Gasteiger partial charge on any atom is 0.0813 e. The van der Waals surface area contributed by atoms with Crippen molar-refractivity contribution in [2.75, 3.05) is 13.1 Å². The number of nitrogens with one attached hydrogen (secondary N) is 1. The van der Waals surface area contributed by atoms with E-state index in [4.69, 9.17) is 4.74 Å². The second-order valence-electron chi connectivity index (χ2n) is 3.76. The van der Waals surface area contributed by atoms with E-state index in [9.17, 15) is 0 Å². The van der Waals surface area contributed by atoms with E-state index in [0.29, 0.717) is 6.10 Å². The Kier molecular flexibility index (Phi) is 6.64. The molecule has 0 aromatic carbocycles. The van der Waals surface area contributed by atoms with Gasteiger partial charge in [0.2, 0.25) is 0 Å². The largest absolute Gasteiger partial charge is 0.372 e. The third-order valence-electron chi connectivity index (χ3n) is 2.23. The molecule has 1 unspecified atom stereocenters. The molecule has 0 amide bonds. The highest BCUT2D eigenvalue weighted by molar-refractivity contribution is 7.09. The summed E-state index contributed by atoms with van der Waals surface area (Å²) in [6.45, 7) is 7.12. The standard InChI is InChI=1S/C12H21NOS/c1-3-4-7-13-9-11(2)14-10-12-6-5-8-15-12/h5-6,8,11,13H,3-4,7,9-10H2,1-2H3. The van der Waals surface area contributed by atoms with Gasteiger partial charge in [-0.3, -0.25) is 0 Å². The zero-order chi connectivity index (χ0) is 10.9. The number of ether oxygens (including phenoxy) is 1. The Bertz CT molecular complexity index is 236. The van der Waals surface area contributed by atoms with Crippen LogP contribution in [0.25, 0.3) is 0 Å². The zero-order valence-electron chi connectivity index (χ0n) is 9.66. The number of unbranched alkanes of at least 4 members (excludes halogenated alkanes) is 1. The highest BCUT2D eigenvalue weighted by atomic mass is 32.1. The number of thiophene rings is 1. The fraction of sp³-hybridized carbons (Fsp3) is 0.667. The highest BCUT2D eigenvalue weighted by Gasteiger charge is 2.02. The maximum absolute atomic E-state index is 5.71. The van der Waals surface area contributed by atoms with E-state index in [1.165, 1.54) is 17.7 Å². The maximum atomic E-state index is 5.71. The molecular formula is C12H21NOS. The lowest BCUT2D eigenvalue weighted by Crippen LogP contribution is -2.27. The summed E-state index contributed by atoms with van der Waals surface area (Å²) in [5.41, 5.74) is 0. The third-order valence-corrected chi connectivity index (χ3v) is 3.08. The van der Waals surface area contributed by atoms with E-state index in [1.807, 2.05) is 0 Å². The molecule has 0 aliphatic heterocycles. The van der Waals surface area contributed by atoms with Crippen LogP contribution >= 0.6 is 11.3 Å². The average molecular weight is 227 g/mol. The molecule has 0 saturated carbocycles. The van der Waals surface area contributed by atoms with E-state index in [2.05, 4.69) is 36.7 Å². The summed E-state index contributed by atoms with van der Waals surface area (Å²) in [7, 11) is 0. The van der Waals surface area contributed by atoms with Crippen molar-refractivity contribution in [3.8, 4) is 0 Å². The molecular weight excluding hydrogens is 206 g/mol. The summed E-state index contributed by atoms with van der Waals surface area (Å²) in [6.07, 6.45) is 2.79. The van der Waals surface area contributed by atoms with Crippen LogP contribution in [-0.4, -0.2) is 19.2 Å². The molecule has 1 aromatic rings. The van der Waals surface area contributed by atoms with Crippen LogP contribution in [0.1, 0.15) is 31.6 Å². The third kappa shape index (κ3) is 5.92. The van der Waals surface area contributed by atoms with Gasteiger partial charge in [0.15, 0.2) is 0 Å². The first kappa shape index (κ1) is 12.7. The van der Waals surface area contributed by atoms with Gasteiger partial charge in [-0.15, -0.1) is 11.3 Å². The Hall–Kier alpha value is -0.380. The lowest BCUT2D eigenvalue weighted by molar-refractivity contribution is 0.0549. The van der Waals surface area contributed by atoms with Gasteiger partial charge in [-0.1, -0.05) is 19.4 Å². The Morgan fingerprint density at radius 3 is 3.07 bits per heavy atom. The van der Waals surface area contributed by atoms with Gasteiger partial charge in [0.25, 0.3) is 0 Å². The Balaban J connectivity index is 2.01. The summed E-state index contributed by atoms with van der Waals surface area (Å²) < 4.78 is 5.71. The van der Waals surface area contributed by atoms with Crippen molar-refractivity contribution in [1.29, 1.82) is 0 Å². The molecule has 15 heavy (non-hydrogen) atoms. The molecule has 2 nitrogen and oxygen atoms in total. The zero-order valence-corrected chi connectivity index (χ0v) is 10.5. The molecule has 0 aliphatic rings. The van der Waals surface area contributed by atoms with Crippen LogP contribution in [0.15, 0.2) is 17.5 Å². The minimum atomic E-state index is 0.295. The molecule has 0 radical (unpaired) electrons. The molecule has 0 fully saturated rings. The van der Waals surface area contributed by atoms with Crippen LogP contribution in [-0.2, 0) is 11.3 Å². The Labute approximate surface area is 96.7 Å². The summed E-state index contributed by atoms with van der Waals surface area (Å²) in [5.74, 6) is 0. The van der Waals surface area contributed by atoms with Crippen molar-refractivity contribution < 1.29 is 4.74 Å². The van der Waals surface area contributed by atoms with Crippen LogP contribution in [0.2, 0.25) is 0 Å². The first-order chi connectivity index (χ1) is 7.33. The van der Waals surface area contributed by atoms with Gasteiger partial charge in [-0.05, 0) is 31.3 Å². The molecule has 0 bridgehead atoms. The van der Waals surface area contributed by atoms with Gasteiger partial charge in [0.05, 0.1) is 12.7 Å². The summed E-state index contributed by atoms with van der Waals surface area (Å²) in [4.78, 5) is 1.30. The van der Waals surface area contributed by atoms with Gasteiger partial charge in [0, 0.05) is 11.4 Å². The molecule has 1 N–H and O–H groups in total. The first-order valence-corrected chi connectivity index (χ1v) is 6.55. The fourth-order valence-corrected chi connectivity index (χ4v) is 1.91. The first-order valence-electron chi connectivity index (χ1n) is 5.67. The quantitative estimate of drug-likeness (QED) is 0.689. The number of rotatable bonds is 8. The predicted molar refractivity (Wildman–Crippen MR) is 66.3 cm³/mol. The van der Waals surface area contributed by atoms with Gasteiger partial charge >= 0.3 is 0 Å². The predicted octanol–water partition coefficient (Wildman–Crippen LogP) is 3.04. The lowest BCUT2D eigenvalue weighted by Gasteiger charge is -2.13. The molecule has 1 heterocycles. The van der Waals surface area contributed by atoms with Gasteiger partial charge in [0.1, 0.15) is 0 Å². The Morgan fingerprint density at radius 1 is 1.53 bits per heavy atom. The van der Waals surface area contributed by atoms with Gasteiger partial charge in [-0.2, -0.15) is 0 Å². The van der Waals surface area contributed by atoms with Crippen LogP contribution in [0, 0.1) is 0 Å². The minimum absolute atomic E-state index is 0.295. The molecule has 1 aromatic heterocycles. The molecule has 1 rings (SSSR count). The summed E-state index contributed by atoms with van der Waals surface area (Å²) in [5, 5.41) is 5.48. The SMILES string of the molecule is CCCCNCC(C)OCc1cccs1. The van der Waals surface area contributed by atoms with Crippen molar-refractivity contribution in [2.45, 2.75) is 39.4 Å². The van der Waals surface area contributed by atoms with Gasteiger partial charge in [-0.25, -0.2) is 0 Å². The lowest BCUT2D eigenvalue weighted by atomic mass is 10.3. The van der Waals surface area contributed by atoms with E-state index in [1.54, 1.807) is 11.3 Å². The van der Waals surface area contributed by atoms with Gasteiger partial charge < -0.3 is 10.1 Å². The van der Waals surface area contributed by atoms with E-state index < -0.39 is 0 Å². The van der Waals surface area contributed by atoms with Crippen LogP contribution in [0.5, 0.6) is 0 Å². The van der Waals surface area contributed by atoms with E-state index in [0.717, 1.165) is 19.7 Å². The van der Waals surface area contributed by atoms with Crippen molar-refractivity contribution in [3.05, 3.63) is 22.4 Å². The summed E-state index contributed by atoms with van der Waals surface area (Å²) >= 11 is 1.75. The molecule has 0 saturated heterocycles. The van der Waals surface area contributed by atoms with Crippen LogP contribution < -0.4 is 5.32 Å². The second-order valence-corrected chi connectivity index (χ2v) is 4.79. The van der Waals surface area contributed by atoms with Crippen LogP contribution in [0.3, 0.4) is 0 Å². The van der Waals surface area contributed by atoms with Crippen molar-refractivity contribution in [1.82, 2.24) is 5.32 Å². The smallest absolute Gasteiger partial charge is 0.0813 e. The molecule has 0 aliphatic carbocycles. The van der Waals surface area contributed by atoms with Crippen molar-refractivity contribution >= 4 is 11.3 Å². The Morgan fingerprint density at radius 2 is 2.40 bits per heavy atom. The molecule has 1 atom stereocenters. The molecule has 0 spiro atoms. The normalized spacial score (nSPS) is 12.9. The average Bonchev–Trinajstić information content (AvgIpc) is 2.74. The minimum Gasteiger partial charge on any atom is -0.372 e. The van der Waals surface area contributed by atoms with Crippen molar-refractivity contribution in [3.63, 3.8) is 0 Å². The second kappa shape index (κ2) is 7.85. The molecule has 86 valence electrons. The number of hydrogen-bond donors (Lipinski definition) is 1. The summed E-state index contributed by atoms with van der Waals surface area (Å²) in [6, 6.07) is 4.18.